The predicted molar refractivity (Wildman–Crippen MR) is 77.0 cm³/mol. The summed E-state index contributed by atoms with van der Waals surface area (Å²) >= 11 is 3.18. The molecule has 5 nitrogen and oxygen atoms in total. The summed E-state index contributed by atoms with van der Waals surface area (Å²) in [5.74, 6) is -0.472. The highest BCUT2D eigenvalue weighted by Crippen LogP contribution is 2.43. The van der Waals surface area contributed by atoms with E-state index in [2.05, 4.69) is 21.2 Å². The average Bonchev–Trinajstić information content (AvgIpc) is 2.75. The van der Waals surface area contributed by atoms with Crippen molar-refractivity contribution in [2.24, 2.45) is 5.41 Å². The second-order valence-corrected chi connectivity index (χ2v) is 5.90. The molecule has 1 fully saturated rings. The normalized spacial score (nSPS) is 16.9. The Morgan fingerprint density at radius 2 is 2.20 bits per heavy atom. The Labute approximate surface area is 125 Å². The van der Waals surface area contributed by atoms with Crippen molar-refractivity contribution >= 4 is 33.9 Å². The Hall–Kier alpha value is -1.56. The van der Waals surface area contributed by atoms with E-state index in [4.69, 9.17) is 9.52 Å². The van der Waals surface area contributed by atoms with Crippen molar-refractivity contribution in [1.82, 2.24) is 5.32 Å². The number of rotatable bonds is 6. The standard InChI is InChI=1S/C14H16BrNO4/c15-11-4-2-10(20-11)3-5-12(17)16-9-14(6-1-7-14)8-13(18)19/h2-5H,1,6-9H2,(H,16,17)(H,18,19)/b5-3+. The van der Waals surface area contributed by atoms with Crippen LogP contribution in [0.25, 0.3) is 6.08 Å². The molecule has 0 aliphatic heterocycles. The molecule has 1 aromatic rings. The molecule has 2 N–H and O–H groups in total. The number of nitrogens with one attached hydrogen (secondary N) is 1. The van der Waals surface area contributed by atoms with Crippen LogP contribution in [-0.2, 0) is 9.59 Å². The number of halogens is 1. The molecule has 20 heavy (non-hydrogen) atoms. The maximum Gasteiger partial charge on any atom is 0.303 e. The van der Waals surface area contributed by atoms with Gasteiger partial charge in [0.25, 0.3) is 0 Å². The van der Waals surface area contributed by atoms with Crippen molar-refractivity contribution in [1.29, 1.82) is 0 Å². The van der Waals surface area contributed by atoms with Gasteiger partial charge in [0.2, 0.25) is 5.91 Å². The summed E-state index contributed by atoms with van der Waals surface area (Å²) in [6.07, 6.45) is 5.81. The van der Waals surface area contributed by atoms with Crippen LogP contribution in [0, 0.1) is 5.41 Å². The molecular formula is C14H16BrNO4. The number of hydrogen-bond acceptors (Lipinski definition) is 3. The smallest absolute Gasteiger partial charge is 0.303 e. The molecule has 6 heteroatoms. The summed E-state index contributed by atoms with van der Waals surface area (Å²) in [5, 5.41) is 11.7. The van der Waals surface area contributed by atoms with Crippen molar-refractivity contribution in [2.75, 3.05) is 6.54 Å². The fourth-order valence-electron chi connectivity index (χ4n) is 2.32. The molecular weight excluding hydrogens is 326 g/mol. The van der Waals surface area contributed by atoms with E-state index in [1.807, 2.05) is 0 Å². The minimum absolute atomic E-state index is 0.113. The highest BCUT2D eigenvalue weighted by molar-refractivity contribution is 9.10. The third kappa shape index (κ3) is 3.96. The van der Waals surface area contributed by atoms with Gasteiger partial charge in [-0.05, 0) is 52.4 Å². The number of carbonyl (C=O) groups is 2. The average molecular weight is 342 g/mol. The fourth-order valence-corrected chi connectivity index (χ4v) is 2.64. The number of amides is 1. The van der Waals surface area contributed by atoms with E-state index >= 15 is 0 Å². The molecule has 0 atom stereocenters. The zero-order chi connectivity index (χ0) is 14.6. The zero-order valence-electron chi connectivity index (χ0n) is 10.9. The van der Waals surface area contributed by atoms with Crippen LogP contribution < -0.4 is 5.32 Å². The van der Waals surface area contributed by atoms with E-state index in [0.717, 1.165) is 19.3 Å². The Kier molecular flexibility index (Phi) is 4.65. The predicted octanol–water partition coefficient (Wildman–Crippen LogP) is 2.82. The summed E-state index contributed by atoms with van der Waals surface area (Å²) in [7, 11) is 0. The van der Waals surface area contributed by atoms with Gasteiger partial charge in [-0.2, -0.15) is 0 Å². The first kappa shape index (κ1) is 14.8. The Bertz CT molecular complexity index is 531. The van der Waals surface area contributed by atoms with Gasteiger partial charge in [-0.1, -0.05) is 6.42 Å². The van der Waals surface area contributed by atoms with Gasteiger partial charge in [-0.15, -0.1) is 0 Å². The Morgan fingerprint density at radius 1 is 1.45 bits per heavy atom. The van der Waals surface area contributed by atoms with Crippen molar-refractivity contribution < 1.29 is 19.1 Å². The van der Waals surface area contributed by atoms with Crippen LogP contribution in [-0.4, -0.2) is 23.5 Å². The highest BCUT2D eigenvalue weighted by atomic mass is 79.9. The molecule has 2 rings (SSSR count). The molecule has 0 spiro atoms. The third-order valence-corrected chi connectivity index (χ3v) is 4.00. The minimum atomic E-state index is -0.810. The summed E-state index contributed by atoms with van der Waals surface area (Å²) in [4.78, 5) is 22.5. The summed E-state index contributed by atoms with van der Waals surface area (Å²) < 4.78 is 5.84. The van der Waals surface area contributed by atoms with E-state index < -0.39 is 5.97 Å². The number of carbonyl (C=O) groups excluding carboxylic acids is 1. The van der Waals surface area contributed by atoms with Crippen LogP contribution in [0.15, 0.2) is 27.3 Å². The lowest BCUT2D eigenvalue weighted by Gasteiger charge is -2.40. The molecule has 0 saturated heterocycles. The first-order valence-corrected chi connectivity index (χ1v) is 7.21. The van der Waals surface area contributed by atoms with Crippen LogP contribution in [0.2, 0.25) is 0 Å². The monoisotopic (exact) mass is 341 g/mol. The van der Waals surface area contributed by atoms with Gasteiger partial charge in [0.1, 0.15) is 5.76 Å². The number of carboxylic acid groups (broad SMARTS) is 1. The molecule has 1 aliphatic carbocycles. The fraction of sp³-hybridized carbons (Fsp3) is 0.429. The van der Waals surface area contributed by atoms with E-state index in [1.54, 1.807) is 18.2 Å². The quantitative estimate of drug-likeness (QED) is 0.779. The molecule has 0 aromatic carbocycles. The summed E-state index contributed by atoms with van der Waals surface area (Å²) in [6, 6.07) is 3.49. The second kappa shape index (κ2) is 6.26. The molecule has 0 unspecified atom stereocenters. The zero-order valence-corrected chi connectivity index (χ0v) is 12.5. The maximum atomic E-state index is 11.7. The summed E-state index contributed by atoms with van der Waals surface area (Å²) in [5.41, 5.74) is -0.261. The number of aliphatic carboxylic acids is 1. The lowest BCUT2D eigenvalue weighted by atomic mass is 9.66. The molecule has 1 aromatic heterocycles. The van der Waals surface area contributed by atoms with Crippen LogP contribution in [0.1, 0.15) is 31.4 Å². The van der Waals surface area contributed by atoms with Crippen molar-refractivity contribution in [2.45, 2.75) is 25.7 Å². The number of hydrogen-bond donors (Lipinski definition) is 2. The highest BCUT2D eigenvalue weighted by Gasteiger charge is 2.38. The van der Waals surface area contributed by atoms with Crippen molar-refractivity contribution in [3.8, 4) is 0 Å². The number of furan rings is 1. The first-order chi connectivity index (χ1) is 9.49. The Balaban J connectivity index is 1.82. The molecule has 108 valence electrons. The minimum Gasteiger partial charge on any atom is -0.481 e. The van der Waals surface area contributed by atoms with Gasteiger partial charge in [0.05, 0.1) is 6.42 Å². The van der Waals surface area contributed by atoms with Gasteiger partial charge in [-0.3, -0.25) is 9.59 Å². The molecule has 1 saturated carbocycles. The van der Waals surface area contributed by atoms with E-state index in [-0.39, 0.29) is 17.7 Å². The van der Waals surface area contributed by atoms with Crippen LogP contribution in [0.5, 0.6) is 0 Å². The van der Waals surface area contributed by atoms with E-state index in [9.17, 15) is 9.59 Å². The Morgan fingerprint density at radius 3 is 2.70 bits per heavy atom. The summed E-state index contributed by atoms with van der Waals surface area (Å²) in [6.45, 7) is 0.407. The third-order valence-electron chi connectivity index (χ3n) is 3.57. The van der Waals surface area contributed by atoms with Crippen molar-refractivity contribution in [3.63, 3.8) is 0 Å². The van der Waals surface area contributed by atoms with Gasteiger partial charge in [-0.25, -0.2) is 0 Å². The van der Waals surface area contributed by atoms with Crippen LogP contribution in [0.3, 0.4) is 0 Å². The SMILES string of the molecule is O=C(O)CC1(CNC(=O)/C=C/c2ccc(Br)o2)CCC1. The van der Waals surface area contributed by atoms with Gasteiger partial charge >= 0.3 is 5.97 Å². The van der Waals surface area contributed by atoms with Crippen LogP contribution in [0.4, 0.5) is 0 Å². The van der Waals surface area contributed by atoms with Crippen LogP contribution >= 0.6 is 15.9 Å². The molecule has 1 aliphatic rings. The molecule has 0 bridgehead atoms. The van der Waals surface area contributed by atoms with Gasteiger partial charge in [0, 0.05) is 12.6 Å². The van der Waals surface area contributed by atoms with Gasteiger partial charge in [0.15, 0.2) is 4.67 Å². The molecule has 0 radical (unpaired) electrons. The van der Waals surface area contributed by atoms with E-state index in [0.29, 0.717) is 17.0 Å². The number of carboxylic acids is 1. The maximum absolute atomic E-state index is 11.7. The topological polar surface area (TPSA) is 79.5 Å². The second-order valence-electron chi connectivity index (χ2n) is 5.12. The molecule has 1 amide bonds. The van der Waals surface area contributed by atoms with E-state index in [1.165, 1.54) is 6.08 Å². The van der Waals surface area contributed by atoms with Crippen molar-refractivity contribution in [3.05, 3.63) is 28.6 Å². The molecule has 1 heterocycles. The lowest BCUT2D eigenvalue weighted by molar-refractivity contribution is -0.141. The lowest BCUT2D eigenvalue weighted by Crippen LogP contribution is -2.43. The van der Waals surface area contributed by atoms with Gasteiger partial charge < -0.3 is 14.8 Å². The largest absolute Gasteiger partial charge is 0.481 e. The first-order valence-electron chi connectivity index (χ1n) is 6.42.